The van der Waals surface area contributed by atoms with Crippen LogP contribution in [0.1, 0.15) is 61.7 Å². The third kappa shape index (κ3) is 8.75. The molecule has 6 rings (SSSR count). The van der Waals surface area contributed by atoms with Crippen molar-refractivity contribution in [3.8, 4) is 0 Å². The van der Waals surface area contributed by atoms with Gasteiger partial charge in [-0.25, -0.2) is 28.3 Å². The van der Waals surface area contributed by atoms with E-state index >= 15 is 0 Å². The van der Waals surface area contributed by atoms with Crippen molar-refractivity contribution in [2.75, 3.05) is 13.2 Å². The second-order valence-electron chi connectivity index (χ2n) is 12.0. The summed E-state index contributed by atoms with van der Waals surface area (Å²) in [6, 6.07) is 21.0. The van der Waals surface area contributed by atoms with Gasteiger partial charge in [0.15, 0.2) is 11.8 Å². The largest absolute Gasteiger partial charge is 1.00 e. The molecule has 0 saturated heterocycles. The van der Waals surface area contributed by atoms with Crippen molar-refractivity contribution in [1.29, 1.82) is 0 Å². The molecule has 10 heteroatoms. The van der Waals surface area contributed by atoms with E-state index in [9.17, 15) is 0 Å². The van der Waals surface area contributed by atoms with E-state index in [1.165, 1.54) is 11.1 Å². The molecule has 0 N–H and O–H groups in total. The predicted octanol–water partition coefficient (Wildman–Crippen LogP) is -0.686. The number of nitrogens with zero attached hydrogens (tertiary/aromatic N) is 6. The van der Waals surface area contributed by atoms with Crippen molar-refractivity contribution in [2.45, 2.75) is 63.7 Å². The maximum Gasteiger partial charge on any atom is 0.243 e. The highest BCUT2D eigenvalue weighted by Gasteiger charge is 2.48. The molecule has 0 saturated carbocycles. The van der Waals surface area contributed by atoms with Crippen molar-refractivity contribution < 1.29 is 66.6 Å². The van der Waals surface area contributed by atoms with Gasteiger partial charge in [-0.2, -0.15) is 0 Å². The van der Waals surface area contributed by atoms with E-state index in [0.717, 1.165) is 63.4 Å². The highest BCUT2D eigenvalue weighted by atomic mass is 127. The van der Waals surface area contributed by atoms with E-state index in [2.05, 4.69) is 130 Å². The quantitative estimate of drug-likeness (QED) is 0.0962. The Morgan fingerprint density at radius 1 is 0.667 bits per heavy atom. The zero-order valence-corrected chi connectivity index (χ0v) is 30.5. The van der Waals surface area contributed by atoms with Crippen molar-refractivity contribution in [1.82, 2.24) is 9.13 Å². The summed E-state index contributed by atoms with van der Waals surface area (Å²) in [5.41, 5.74) is 1.88. The molecule has 0 amide bonds. The fourth-order valence-corrected chi connectivity index (χ4v) is 6.32. The molecule has 0 unspecified atom stereocenters. The summed E-state index contributed by atoms with van der Waals surface area (Å²) in [5.74, 6) is 1.60. The third-order valence-corrected chi connectivity index (χ3v) is 8.68. The number of aryl methyl sites for hydroxylation is 4. The number of rotatable bonds is 14. The number of hydrogen-bond donors (Lipinski definition) is 0. The monoisotopic (exact) mass is 834 g/mol. The Morgan fingerprint density at radius 3 is 1.47 bits per heavy atom. The average Bonchev–Trinajstić information content (AvgIpc) is 3.86. The molecule has 45 heavy (non-hydrogen) atoms. The molecular formula is C35H44I2N6O2. The smallest absolute Gasteiger partial charge is 0.243 e. The van der Waals surface area contributed by atoms with Crippen LogP contribution in [0.5, 0.6) is 0 Å². The molecule has 4 heterocycles. The van der Waals surface area contributed by atoms with Crippen LogP contribution in [0.25, 0.3) is 0 Å². The zero-order chi connectivity index (χ0) is 29.5. The average molecular weight is 835 g/mol. The molecule has 2 atom stereocenters. The molecule has 4 aromatic rings. The summed E-state index contributed by atoms with van der Waals surface area (Å²) in [4.78, 5) is 10.5. The number of unbranched alkanes of at least 4 members (excludes halogenated alkanes) is 2. The second kappa shape index (κ2) is 16.7. The number of halogens is 2. The van der Waals surface area contributed by atoms with E-state index in [0.29, 0.717) is 13.2 Å². The Hall–Kier alpha value is -2.74. The SMILES string of the molecule is C[n+]1ccn(CCCCC(CCCCn2cc[n+](C)c2)(C2=N[C@H](c3ccccc3)CO2)C2=N[C@H](c3ccccc3)CO2)c1.[I-].[I-]. The highest BCUT2D eigenvalue weighted by Crippen LogP contribution is 2.43. The molecule has 240 valence electrons. The molecule has 2 aliphatic rings. The van der Waals surface area contributed by atoms with E-state index in [4.69, 9.17) is 19.5 Å². The van der Waals surface area contributed by atoms with Crippen LogP contribution in [0.3, 0.4) is 0 Å². The van der Waals surface area contributed by atoms with Crippen LogP contribution in [0.4, 0.5) is 0 Å². The van der Waals surface area contributed by atoms with Crippen LogP contribution in [-0.4, -0.2) is 34.1 Å². The van der Waals surface area contributed by atoms with Gasteiger partial charge in [-0.3, -0.25) is 0 Å². The molecule has 8 nitrogen and oxygen atoms in total. The Morgan fingerprint density at radius 2 is 1.09 bits per heavy atom. The van der Waals surface area contributed by atoms with E-state index in [1.54, 1.807) is 0 Å². The number of imidazole rings is 2. The van der Waals surface area contributed by atoms with Crippen LogP contribution in [0, 0.1) is 5.41 Å². The Kier molecular flexibility index (Phi) is 13.0. The summed E-state index contributed by atoms with van der Waals surface area (Å²) in [6.45, 7) is 3.05. The molecular weight excluding hydrogens is 790 g/mol. The lowest BCUT2D eigenvalue weighted by atomic mass is 9.77. The Balaban J connectivity index is 0.00000230. The van der Waals surface area contributed by atoms with Gasteiger partial charge in [-0.05, 0) is 49.7 Å². The fraction of sp³-hybridized carbons (Fsp3) is 0.429. The van der Waals surface area contributed by atoms with Gasteiger partial charge in [0, 0.05) is 0 Å². The Bertz CT molecular complexity index is 1420. The third-order valence-electron chi connectivity index (χ3n) is 8.68. The standard InChI is InChI=1S/C35H44N6O2.2HI/c1-38-21-23-40(27-38)19-11-9-17-35(18-10-12-20-41-24-22-39(2)28-41,33-36-31(25-42-33)29-13-5-3-6-14-29)34-37-32(26-43-34)30-15-7-4-8-16-30;;/h3-8,13-16,21-24,27-28,31-32H,9-12,17-20,25-26H2,1-2H3;2*1H/q+2;;/p-2/t31-,32-;;/m0../s1. The molecule has 2 aromatic heterocycles. The summed E-state index contributed by atoms with van der Waals surface area (Å²) in [7, 11) is 4.12. The van der Waals surface area contributed by atoms with Gasteiger partial charge < -0.3 is 57.4 Å². The molecule has 0 spiro atoms. The van der Waals surface area contributed by atoms with Gasteiger partial charge >= 0.3 is 0 Å². The molecule has 0 fully saturated rings. The van der Waals surface area contributed by atoms with E-state index in [-0.39, 0.29) is 60.0 Å². The lowest BCUT2D eigenvalue weighted by molar-refractivity contribution is -0.671. The topological polar surface area (TPSA) is 60.8 Å². The first kappa shape index (κ1) is 35.1. The number of aromatic nitrogens is 4. The summed E-state index contributed by atoms with van der Waals surface area (Å²) in [6.07, 6.45) is 18.7. The van der Waals surface area contributed by atoms with Crippen LogP contribution >= 0.6 is 0 Å². The van der Waals surface area contributed by atoms with Gasteiger partial charge in [0.2, 0.25) is 12.7 Å². The van der Waals surface area contributed by atoms with Gasteiger partial charge in [0.25, 0.3) is 0 Å². The summed E-state index contributed by atoms with van der Waals surface area (Å²) < 4.78 is 21.8. The first-order valence-corrected chi connectivity index (χ1v) is 15.6. The minimum absolute atomic E-state index is 0. The first-order valence-electron chi connectivity index (χ1n) is 15.6. The number of ether oxygens (including phenoxy) is 2. The summed E-state index contributed by atoms with van der Waals surface area (Å²) in [5, 5.41) is 0. The number of aliphatic imine (C=N–C) groups is 2. The molecule has 0 aliphatic carbocycles. The number of hydrogen-bond acceptors (Lipinski definition) is 4. The predicted molar refractivity (Wildman–Crippen MR) is 166 cm³/mol. The zero-order valence-electron chi connectivity index (χ0n) is 26.2. The van der Waals surface area contributed by atoms with Gasteiger partial charge in [-0.15, -0.1) is 0 Å². The maximum atomic E-state index is 6.55. The lowest BCUT2D eigenvalue weighted by Crippen LogP contribution is -3.00. The molecule has 0 radical (unpaired) electrons. The van der Waals surface area contributed by atoms with Crippen LogP contribution in [0.2, 0.25) is 0 Å². The maximum absolute atomic E-state index is 6.55. The van der Waals surface area contributed by atoms with E-state index in [1.807, 2.05) is 0 Å². The lowest BCUT2D eigenvalue weighted by Gasteiger charge is -2.32. The van der Waals surface area contributed by atoms with Gasteiger partial charge in [0.1, 0.15) is 55.5 Å². The number of benzene rings is 2. The van der Waals surface area contributed by atoms with Gasteiger partial charge in [0.05, 0.1) is 27.2 Å². The highest BCUT2D eigenvalue weighted by molar-refractivity contribution is 6.06. The Labute approximate surface area is 301 Å². The fourth-order valence-electron chi connectivity index (χ4n) is 6.32. The minimum atomic E-state index is -0.490. The van der Waals surface area contributed by atoms with Crippen molar-refractivity contribution in [2.24, 2.45) is 29.5 Å². The van der Waals surface area contributed by atoms with Crippen molar-refractivity contribution in [3.63, 3.8) is 0 Å². The minimum Gasteiger partial charge on any atom is -1.00 e. The van der Waals surface area contributed by atoms with Crippen molar-refractivity contribution >= 4 is 11.8 Å². The van der Waals surface area contributed by atoms with Crippen molar-refractivity contribution in [3.05, 3.63) is 109 Å². The molecule has 0 bridgehead atoms. The normalized spacial score (nSPS) is 17.5. The van der Waals surface area contributed by atoms with Crippen LogP contribution in [-0.2, 0) is 36.7 Å². The second-order valence-corrected chi connectivity index (χ2v) is 12.0. The van der Waals surface area contributed by atoms with Crippen LogP contribution < -0.4 is 57.1 Å². The molecule has 2 aromatic carbocycles. The van der Waals surface area contributed by atoms with Gasteiger partial charge in [-0.1, -0.05) is 60.7 Å². The van der Waals surface area contributed by atoms with E-state index < -0.39 is 5.41 Å². The summed E-state index contributed by atoms with van der Waals surface area (Å²) >= 11 is 0. The molecule has 2 aliphatic heterocycles. The van der Waals surface area contributed by atoms with Crippen LogP contribution in [0.15, 0.2) is 108 Å². The first-order chi connectivity index (χ1) is 21.1.